The van der Waals surface area contributed by atoms with Gasteiger partial charge in [0.25, 0.3) is 0 Å². The molecule has 3 nitrogen and oxygen atoms in total. The Morgan fingerprint density at radius 2 is 2.06 bits per heavy atom. The van der Waals surface area contributed by atoms with E-state index in [9.17, 15) is 4.79 Å². The van der Waals surface area contributed by atoms with Gasteiger partial charge in [0.1, 0.15) is 11.9 Å². The molecule has 0 amide bonds. The van der Waals surface area contributed by atoms with E-state index in [-0.39, 0.29) is 12.1 Å². The van der Waals surface area contributed by atoms with Crippen LogP contribution in [-0.2, 0) is 11.2 Å². The predicted octanol–water partition coefficient (Wildman–Crippen LogP) is 4.50. The number of carbonyl (C=O) groups excluding carboxylic acids is 1. The minimum absolute atomic E-state index is 0.0986. The molecule has 1 aliphatic rings. The number of methoxy groups -OCH3 is 1. The Bertz CT molecular complexity index is 519. The number of alkyl halides is 1. The van der Waals surface area contributed by atoms with E-state index >= 15 is 0 Å². The maximum absolute atomic E-state index is 11.9. The highest BCUT2D eigenvalue weighted by molar-refractivity contribution is 14.1. The molecule has 0 N–H and O–H groups in total. The van der Waals surface area contributed by atoms with Crippen molar-refractivity contribution in [3.05, 3.63) is 24.5 Å². The summed E-state index contributed by atoms with van der Waals surface area (Å²) in [4.78, 5) is 11.9. The Labute approximate surface area is 144 Å². The molecule has 0 saturated heterocycles. The minimum Gasteiger partial charge on any atom is -0.488 e. The first-order valence-corrected chi connectivity index (χ1v) is 8.92. The summed E-state index contributed by atoms with van der Waals surface area (Å²) in [5.41, 5.74) is 1.43. The second-order valence-electron chi connectivity index (χ2n) is 3.71. The smallest absolute Gasteiger partial charge is 0.339 e. The first-order valence-electron chi connectivity index (χ1n) is 5.01. The van der Waals surface area contributed by atoms with Crippen LogP contribution in [0.4, 0.5) is 0 Å². The van der Waals surface area contributed by atoms with Crippen molar-refractivity contribution in [1.82, 2.24) is 0 Å². The number of halogens is 4. The van der Waals surface area contributed by atoms with Crippen molar-refractivity contribution < 1.29 is 14.3 Å². The van der Waals surface area contributed by atoms with E-state index in [1.807, 2.05) is 0 Å². The van der Waals surface area contributed by atoms with Gasteiger partial charge in [-0.25, -0.2) is 4.79 Å². The number of hydrogen-bond acceptors (Lipinski definition) is 3. The molecular weight excluding hydrogens is 547 g/mol. The molecule has 1 aromatic carbocycles. The maximum atomic E-state index is 11.9. The van der Waals surface area contributed by atoms with E-state index in [1.165, 1.54) is 7.11 Å². The Kier molecular flexibility index (Phi) is 4.99. The standard InChI is InChI=1S/C11H8Br3IO3/c1-17-11(16)6-5-2-4(3-15)18-10(5)9(14)8(13)7(6)12/h4H,2-3H2,1H3. The first-order chi connectivity index (χ1) is 8.51. The molecule has 0 fully saturated rings. The highest BCUT2D eigenvalue weighted by Crippen LogP contribution is 2.47. The lowest BCUT2D eigenvalue weighted by Crippen LogP contribution is -2.14. The van der Waals surface area contributed by atoms with Gasteiger partial charge in [0.05, 0.1) is 21.6 Å². The Morgan fingerprint density at radius 1 is 1.39 bits per heavy atom. The molecule has 0 spiro atoms. The molecular formula is C11H8Br3IO3. The molecule has 0 aromatic heterocycles. The molecule has 0 radical (unpaired) electrons. The van der Waals surface area contributed by atoms with Crippen LogP contribution in [0.15, 0.2) is 13.4 Å². The molecule has 1 heterocycles. The summed E-state index contributed by atoms with van der Waals surface area (Å²) < 4.78 is 13.8. The summed E-state index contributed by atoms with van der Waals surface area (Å²) in [5, 5.41) is 0. The van der Waals surface area contributed by atoms with Gasteiger partial charge in [-0.15, -0.1) is 0 Å². The van der Waals surface area contributed by atoms with Crippen LogP contribution in [0.2, 0.25) is 0 Å². The van der Waals surface area contributed by atoms with Gasteiger partial charge in [-0.2, -0.15) is 0 Å². The van der Waals surface area contributed by atoms with Crippen molar-refractivity contribution in [2.75, 3.05) is 11.5 Å². The number of esters is 1. The zero-order valence-electron chi connectivity index (χ0n) is 9.23. The van der Waals surface area contributed by atoms with Crippen LogP contribution >= 0.6 is 70.4 Å². The van der Waals surface area contributed by atoms with Crippen LogP contribution in [-0.4, -0.2) is 23.6 Å². The van der Waals surface area contributed by atoms with E-state index in [1.54, 1.807) is 0 Å². The molecule has 1 atom stereocenters. The van der Waals surface area contributed by atoms with Crippen LogP contribution in [0, 0.1) is 0 Å². The molecule has 7 heteroatoms. The fourth-order valence-corrected chi connectivity index (χ4v) is 4.10. The largest absolute Gasteiger partial charge is 0.488 e. The number of hydrogen-bond donors (Lipinski definition) is 0. The molecule has 98 valence electrons. The van der Waals surface area contributed by atoms with Gasteiger partial charge in [-0.05, 0) is 47.8 Å². The molecule has 0 bridgehead atoms. The van der Waals surface area contributed by atoms with Crippen LogP contribution in [0.25, 0.3) is 0 Å². The minimum atomic E-state index is -0.357. The number of benzene rings is 1. The van der Waals surface area contributed by atoms with Gasteiger partial charge in [-0.3, -0.25) is 0 Å². The van der Waals surface area contributed by atoms with Gasteiger partial charge in [-0.1, -0.05) is 22.6 Å². The summed E-state index contributed by atoms with van der Waals surface area (Å²) in [7, 11) is 1.38. The summed E-state index contributed by atoms with van der Waals surface area (Å²) in [5.74, 6) is 0.371. The van der Waals surface area contributed by atoms with E-state index < -0.39 is 0 Å². The molecule has 2 rings (SSSR count). The summed E-state index contributed by atoms with van der Waals surface area (Å²) in [6.45, 7) is 0. The Balaban J connectivity index is 2.65. The number of rotatable bonds is 2. The zero-order valence-corrected chi connectivity index (χ0v) is 16.1. The molecule has 18 heavy (non-hydrogen) atoms. The monoisotopic (exact) mass is 552 g/mol. The maximum Gasteiger partial charge on any atom is 0.339 e. The zero-order chi connectivity index (χ0) is 13.4. The average molecular weight is 555 g/mol. The van der Waals surface area contributed by atoms with Crippen molar-refractivity contribution >= 4 is 76.4 Å². The van der Waals surface area contributed by atoms with Gasteiger partial charge in [0.2, 0.25) is 0 Å². The lowest BCUT2D eigenvalue weighted by molar-refractivity contribution is 0.0598. The highest BCUT2D eigenvalue weighted by Gasteiger charge is 2.33. The third-order valence-corrected chi connectivity index (χ3v) is 7.05. The van der Waals surface area contributed by atoms with Crippen molar-refractivity contribution in [3.63, 3.8) is 0 Å². The van der Waals surface area contributed by atoms with Crippen LogP contribution < -0.4 is 4.74 Å². The predicted molar refractivity (Wildman–Crippen MR) is 87.9 cm³/mol. The fourth-order valence-electron chi connectivity index (χ4n) is 1.84. The number of ether oxygens (including phenoxy) is 2. The van der Waals surface area contributed by atoms with Crippen LogP contribution in [0.5, 0.6) is 5.75 Å². The Hall–Kier alpha value is 0.660. The van der Waals surface area contributed by atoms with Gasteiger partial charge < -0.3 is 9.47 Å². The lowest BCUT2D eigenvalue weighted by Gasteiger charge is -2.12. The second-order valence-corrected chi connectivity index (χ2v) is 6.97. The van der Waals surface area contributed by atoms with Gasteiger partial charge in [0, 0.05) is 20.9 Å². The SMILES string of the molecule is COC(=O)c1c(Br)c(Br)c(Br)c2c1CC(CI)O2. The average Bonchev–Trinajstić information content (AvgIpc) is 2.80. The molecule has 0 aliphatic carbocycles. The summed E-state index contributed by atoms with van der Waals surface area (Å²) in [6, 6.07) is 0. The first kappa shape index (κ1) is 15.1. The summed E-state index contributed by atoms with van der Waals surface area (Å²) >= 11 is 12.6. The van der Waals surface area contributed by atoms with E-state index in [2.05, 4.69) is 70.4 Å². The van der Waals surface area contributed by atoms with Crippen molar-refractivity contribution in [1.29, 1.82) is 0 Å². The highest BCUT2D eigenvalue weighted by atomic mass is 127. The van der Waals surface area contributed by atoms with Gasteiger partial charge in [0.15, 0.2) is 0 Å². The van der Waals surface area contributed by atoms with Gasteiger partial charge >= 0.3 is 5.97 Å². The Morgan fingerprint density at radius 3 is 2.61 bits per heavy atom. The molecule has 1 aromatic rings. The fraction of sp³-hybridized carbons (Fsp3) is 0.364. The third-order valence-electron chi connectivity index (χ3n) is 2.66. The third kappa shape index (κ3) is 2.47. The van der Waals surface area contributed by atoms with Crippen molar-refractivity contribution in [2.45, 2.75) is 12.5 Å². The van der Waals surface area contributed by atoms with Crippen LogP contribution in [0.3, 0.4) is 0 Å². The summed E-state index contributed by atoms with van der Waals surface area (Å²) in [6.07, 6.45) is 0.814. The van der Waals surface area contributed by atoms with E-state index in [4.69, 9.17) is 9.47 Å². The van der Waals surface area contributed by atoms with Crippen molar-refractivity contribution in [2.24, 2.45) is 0 Å². The topological polar surface area (TPSA) is 35.5 Å². The molecule has 0 saturated carbocycles. The lowest BCUT2D eigenvalue weighted by atomic mass is 10.0. The number of carbonyl (C=O) groups is 1. The molecule has 1 unspecified atom stereocenters. The normalized spacial score (nSPS) is 17.3. The molecule has 1 aliphatic heterocycles. The van der Waals surface area contributed by atoms with E-state index in [0.717, 1.165) is 24.7 Å². The van der Waals surface area contributed by atoms with E-state index in [0.29, 0.717) is 16.5 Å². The van der Waals surface area contributed by atoms with Crippen LogP contribution in [0.1, 0.15) is 15.9 Å². The second kappa shape index (κ2) is 5.97. The van der Waals surface area contributed by atoms with Crippen molar-refractivity contribution in [3.8, 4) is 5.75 Å². The quantitative estimate of drug-likeness (QED) is 0.234. The number of fused-ring (bicyclic) bond motifs is 1.